The number of rotatable bonds is 5. The number of amides is 1. The number of methoxy groups -OCH3 is 1. The number of benzene rings is 1. The SMILES string of the molecule is COc1ccc(C(=O)N2CCC(Oc3ccccn3)C2)cc1C1CC1. The van der Waals surface area contributed by atoms with Crippen molar-refractivity contribution in [3.8, 4) is 11.6 Å². The summed E-state index contributed by atoms with van der Waals surface area (Å²) < 4.78 is 11.3. The van der Waals surface area contributed by atoms with Gasteiger partial charge >= 0.3 is 0 Å². The van der Waals surface area contributed by atoms with Crippen molar-refractivity contribution in [3.63, 3.8) is 0 Å². The molecule has 5 heteroatoms. The summed E-state index contributed by atoms with van der Waals surface area (Å²) in [6.07, 6.45) is 4.90. The smallest absolute Gasteiger partial charge is 0.253 e. The van der Waals surface area contributed by atoms with Crippen molar-refractivity contribution in [3.05, 3.63) is 53.7 Å². The number of aromatic nitrogens is 1. The van der Waals surface area contributed by atoms with E-state index in [-0.39, 0.29) is 12.0 Å². The van der Waals surface area contributed by atoms with E-state index in [1.54, 1.807) is 13.3 Å². The minimum Gasteiger partial charge on any atom is -0.496 e. The van der Waals surface area contributed by atoms with Crippen molar-refractivity contribution >= 4 is 5.91 Å². The lowest BCUT2D eigenvalue weighted by atomic mass is 10.0. The van der Waals surface area contributed by atoms with Crippen LogP contribution in [0.15, 0.2) is 42.6 Å². The second-order valence-corrected chi connectivity index (χ2v) is 6.68. The van der Waals surface area contributed by atoms with E-state index in [0.29, 0.717) is 24.9 Å². The predicted octanol–water partition coefficient (Wildman–Crippen LogP) is 3.26. The molecule has 2 aromatic rings. The Bertz CT molecular complexity index is 759. The molecule has 1 aromatic carbocycles. The molecule has 4 rings (SSSR count). The molecule has 1 aliphatic carbocycles. The highest BCUT2D eigenvalue weighted by atomic mass is 16.5. The number of hydrogen-bond donors (Lipinski definition) is 0. The number of ether oxygens (including phenoxy) is 2. The second-order valence-electron chi connectivity index (χ2n) is 6.68. The van der Waals surface area contributed by atoms with Crippen LogP contribution >= 0.6 is 0 Å². The Morgan fingerprint density at radius 2 is 2.08 bits per heavy atom. The third-order valence-corrected chi connectivity index (χ3v) is 4.85. The lowest BCUT2D eigenvalue weighted by Gasteiger charge is -2.18. The van der Waals surface area contributed by atoms with Crippen LogP contribution in [0.1, 0.15) is 41.1 Å². The number of carbonyl (C=O) groups excluding carboxylic acids is 1. The van der Waals surface area contributed by atoms with Crippen LogP contribution in [0.25, 0.3) is 0 Å². The molecule has 0 bridgehead atoms. The molecular weight excluding hydrogens is 316 g/mol. The molecule has 0 spiro atoms. The van der Waals surface area contributed by atoms with Crippen LogP contribution in [0.2, 0.25) is 0 Å². The topological polar surface area (TPSA) is 51.7 Å². The summed E-state index contributed by atoms with van der Waals surface area (Å²) in [5, 5.41) is 0. The summed E-state index contributed by atoms with van der Waals surface area (Å²) in [6, 6.07) is 11.4. The van der Waals surface area contributed by atoms with Crippen molar-refractivity contribution < 1.29 is 14.3 Å². The van der Waals surface area contributed by atoms with Crippen LogP contribution < -0.4 is 9.47 Å². The Morgan fingerprint density at radius 1 is 1.20 bits per heavy atom. The van der Waals surface area contributed by atoms with Crippen molar-refractivity contribution in [1.29, 1.82) is 0 Å². The van der Waals surface area contributed by atoms with Crippen molar-refractivity contribution in [2.24, 2.45) is 0 Å². The molecule has 1 saturated carbocycles. The van der Waals surface area contributed by atoms with E-state index in [1.165, 1.54) is 12.8 Å². The van der Waals surface area contributed by atoms with Gasteiger partial charge in [0.25, 0.3) is 5.91 Å². The van der Waals surface area contributed by atoms with E-state index in [1.807, 2.05) is 41.3 Å². The summed E-state index contributed by atoms with van der Waals surface area (Å²) >= 11 is 0. The molecule has 1 atom stereocenters. The molecule has 1 aromatic heterocycles. The van der Waals surface area contributed by atoms with E-state index >= 15 is 0 Å². The number of nitrogens with zero attached hydrogens (tertiary/aromatic N) is 2. The summed E-state index contributed by atoms with van der Waals surface area (Å²) in [6.45, 7) is 1.31. The molecule has 130 valence electrons. The minimum absolute atomic E-state index is 0.000000787. The first-order chi connectivity index (χ1) is 12.2. The average molecular weight is 338 g/mol. The molecule has 2 heterocycles. The number of carbonyl (C=O) groups is 1. The van der Waals surface area contributed by atoms with Crippen LogP contribution in [0.3, 0.4) is 0 Å². The first-order valence-electron chi connectivity index (χ1n) is 8.79. The highest BCUT2D eigenvalue weighted by Crippen LogP contribution is 2.44. The highest BCUT2D eigenvalue weighted by molar-refractivity contribution is 5.95. The number of likely N-dealkylation sites (tertiary alicyclic amines) is 1. The molecule has 25 heavy (non-hydrogen) atoms. The van der Waals surface area contributed by atoms with Gasteiger partial charge in [0.2, 0.25) is 5.88 Å². The minimum atomic E-state index is 0.000000787. The summed E-state index contributed by atoms with van der Waals surface area (Å²) in [4.78, 5) is 18.9. The van der Waals surface area contributed by atoms with Gasteiger partial charge in [-0.25, -0.2) is 4.98 Å². The second kappa shape index (κ2) is 6.75. The monoisotopic (exact) mass is 338 g/mol. The molecule has 1 saturated heterocycles. The standard InChI is InChI=1S/C20H22N2O3/c1-24-18-8-7-15(12-17(18)14-5-6-14)20(23)22-11-9-16(13-22)25-19-4-2-3-10-21-19/h2-4,7-8,10,12,14,16H,5-6,9,11,13H2,1H3. The van der Waals surface area contributed by atoms with Crippen LogP contribution in [0.5, 0.6) is 11.6 Å². The molecule has 5 nitrogen and oxygen atoms in total. The molecule has 1 unspecified atom stereocenters. The summed E-state index contributed by atoms with van der Waals surface area (Å²) in [5.41, 5.74) is 1.90. The number of pyridine rings is 1. The van der Waals surface area contributed by atoms with Crippen molar-refractivity contribution in [1.82, 2.24) is 9.88 Å². The van der Waals surface area contributed by atoms with Crippen molar-refractivity contribution in [2.45, 2.75) is 31.3 Å². The Morgan fingerprint density at radius 3 is 2.80 bits per heavy atom. The maximum absolute atomic E-state index is 12.9. The van der Waals surface area contributed by atoms with Gasteiger partial charge in [0.1, 0.15) is 11.9 Å². The zero-order chi connectivity index (χ0) is 17.2. The van der Waals surface area contributed by atoms with Gasteiger partial charge < -0.3 is 14.4 Å². The number of hydrogen-bond acceptors (Lipinski definition) is 4. The lowest BCUT2D eigenvalue weighted by Crippen LogP contribution is -2.31. The lowest BCUT2D eigenvalue weighted by molar-refractivity contribution is 0.0771. The normalized spacial score (nSPS) is 19.7. The Kier molecular flexibility index (Phi) is 4.30. The van der Waals surface area contributed by atoms with Crippen molar-refractivity contribution in [2.75, 3.05) is 20.2 Å². The van der Waals surface area contributed by atoms with E-state index in [0.717, 1.165) is 23.3 Å². The van der Waals surface area contributed by atoms with Gasteiger partial charge in [0.15, 0.2) is 0 Å². The molecule has 0 radical (unpaired) electrons. The van der Waals surface area contributed by atoms with Gasteiger partial charge in [0.05, 0.1) is 13.7 Å². The molecule has 2 aliphatic rings. The molecule has 1 aliphatic heterocycles. The van der Waals surface area contributed by atoms with Gasteiger partial charge in [-0.1, -0.05) is 6.07 Å². The van der Waals surface area contributed by atoms with Crippen LogP contribution in [-0.2, 0) is 0 Å². The third kappa shape index (κ3) is 3.45. The summed E-state index contributed by atoms with van der Waals surface area (Å²) in [5.74, 6) is 2.11. The van der Waals surface area contributed by atoms with Gasteiger partial charge in [-0.05, 0) is 48.6 Å². The van der Waals surface area contributed by atoms with E-state index in [2.05, 4.69) is 4.98 Å². The Hall–Kier alpha value is -2.56. The largest absolute Gasteiger partial charge is 0.496 e. The van der Waals surface area contributed by atoms with E-state index < -0.39 is 0 Å². The van der Waals surface area contributed by atoms with E-state index in [4.69, 9.17) is 9.47 Å². The predicted molar refractivity (Wildman–Crippen MR) is 94.1 cm³/mol. The first kappa shape index (κ1) is 15.9. The van der Waals surface area contributed by atoms with Gasteiger partial charge in [0, 0.05) is 30.8 Å². The fourth-order valence-electron chi connectivity index (χ4n) is 3.36. The fourth-order valence-corrected chi connectivity index (χ4v) is 3.36. The van der Waals surface area contributed by atoms with Gasteiger partial charge in [-0.15, -0.1) is 0 Å². The van der Waals surface area contributed by atoms with Crippen LogP contribution in [0, 0.1) is 0 Å². The highest BCUT2D eigenvalue weighted by Gasteiger charge is 2.31. The van der Waals surface area contributed by atoms with E-state index in [9.17, 15) is 4.79 Å². The average Bonchev–Trinajstić information content (AvgIpc) is 3.40. The maximum Gasteiger partial charge on any atom is 0.253 e. The quantitative estimate of drug-likeness (QED) is 0.840. The third-order valence-electron chi connectivity index (χ3n) is 4.85. The van der Waals surface area contributed by atoms with Crippen LogP contribution in [0.4, 0.5) is 0 Å². The Labute approximate surface area is 147 Å². The fraction of sp³-hybridized carbons (Fsp3) is 0.400. The van der Waals surface area contributed by atoms with Crippen LogP contribution in [-0.4, -0.2) is 42.1 Å². The molecule has 2 fully saturated rings. The first-order valence-corrected chi connectivity index (χ1v) is 8.79. The van der Waals surface area contributed by atoms with Gasteiger partial charge in [-0.2, -0.15) is 0 Å². The molecule has 0 N–H and O–H groups in total. The zero-order valence-corrected chi connectivity index (χ0v) is 14.4. The Balaban J connectivity index is 1.44. The molecular formula is C20H22N2O3. The zero-order valence-electron chi connectivity index (χ0n) is 14.4. The van der Waals surface area contributed by atoms with Gasteiger partial charge in [-0.3, -0.25) is 4.79 Å². The maximum atomic E-state index is 12.9. The molecule has 1 amide bonds. The summed E-state index contributed by atoms with van der Waals surface area (Å²) in [7, 11) is 1.68.